The van der Waals surface area contributed by atoms with Crippen LogP contribution in [0.1, 0.15) is 31.9 Å². The van der Waals surface area contributed by atoms with Crippen LogP contribution < -0.4 is 0 Å². The van der Waals surface area contributed by atoms with Gasteiger partial charge in [0.15, 0.2) is 0 Å². The third-order valence-electron chi connectivity index (χ3n) is 12.7. The molecule has 280 valence electrons. The first-order valence-corrected chi connectivity index (χ1v) is 20.4. The second-order valence-electron chi connectivity index (χ2n) is 16.2. The van der Waals surface area contributed by atoms with Gasteiger partial charge in [-0.3, -0.25) is 4.57 Å². The quantitative estimate of drug-likeness (QED) is 0.158. The average Bonchev–Trinajstić information content (AvgIpc) is 3.71. The summed E-state index contributed by atoms with van der Waals surface area (Å²) in [6.45, 7) is 10.9. The first kappa shape index (κ1) is 34.9. The molecule has 10 aromatic rings. The summed E-state index contributed by atoms with van der Waals surface area (Å²) in [4.78, 5) is 11.0. The summed E-state index contributed by atoms with van der Waals surface area (Å²) in [7, 11) is 0. The number of hydrogen-bond acceptors (Lipinski definition) is 2. The Morgan fingerprint density at radius 2 is 1.20 bits per heavy atom. The van der Waals surface area contributed by atoms with E-state index in [-0.39, 0.29) is 5.41 Å². The van der Waals surface area contributed by atoms with Crippen molar-refractivity contribution < 1.29 is 0 Å². The summed E-state index contributed by atoms with van der Waals surface area (Å²) in [5.74, 6) is 0.648. The van der Waals surface area contributed by atoms with Gasteiger partial charge in [-0.15, -0.1) is 0 Å². The van der Waals surface area contributed by atoms with Crippen LogP contribution in [-0.4, -0.2) is 14.5 Å². The van der Waals surface area contributed by atoms with Crippen molar-refractivity contribution in [2.75, 3.05) is 0 Å². The van der Waals surface area contributed by atoms with E-state index in [1.807, 2.05) is 12.2 Å². The van der Waals surface area contributed by atoms with Crippen LogP contribution >= 0.6 is 0 Å². The smallest absolute Gasteiger partial charge is 0.235 e. The lowest BCUT2D eigenvalue weighted by Crippen LogP contribution is -2.15. The number of allylic oxidation sites excluding steroid dienone is 5. The van der Waals surface area contributed by atoms with E-state index in [1.165, 1.54) is 71.5 Å². The van der Waals surface area contributed by atoms with Gasteiger partial charge in [0.05, 0.1) is 22.2 Å². The molecule has 3 nitrogen and oxygen atoms in total. The summed E-state index contributed by atoms with van der Waals surface area (Å²) < 4.78 is 2.36. The van der Waals surface area contributed by atoms with Crippen LogP contribution in [0.3, 0.4) is 0 Å². The van der Waals surface area contributed by atoms with Crippen LogP contribution in [0, 0.1) is 0 Å². The van der Waals surface area contributed by atoms with Gasteiger partial charge >= 0.3 is 0 Å². The predicted molar refractivity (Wildman–Crippen MR) is 250 cm³/mol. The lowest BCUT2D eigenvalue weighted by molar-refractivity contribution is 0.639. The highest BCUT2D eigenvalue weighted by Crippen LogP contribution is 2.50. The summed E-state index contributed by atoms with van der Waals surface area (Å²) in [6, 6.07) is 59.2. The molecule has 2 heterocycles. The van der Waals surface area contributed by atoms with Gasteiger partial charge in [0, 0.05) is 38.1 Å². The van der Waals surface area contributed by atoms with Gasteiger partial charge < -0.3 is 0 Å². The zero-order valence-corrected chi connectivity index (χ0v) is 33.4. The fraction of sp³-hybridized carbons (Fsp3) is 0.0714. The van der Waals surface area contributed by atoms with E-state index >= 15 is 0 Å². The first-order chi connectivity index (χ1) is 28.9. The molecule has 0 radical (unpaired) electrons. The van der Waals surface area contributed by atoms with Gasteiger partial charge in [-0.25, -0.2) is 9.97 Å². The third kappa shape index (κ3) is 5.35. The van der Waals surface area contributed by atoms with E-state index in [9.17, 15) is 0 Å². The number of aromatic nitrogens is 3. The molecule has 0 saturated heterocycles. The fourth-order valence-corrected chi connectivity index (χ4v) is 9.50. The zero-order chi connectivity index (χ0) is 39.8. The lowest BCUT2D eigenvalue weighted by Gasteiger charge is -2.23. The molecule has 0 spiro atoms. The van der Waals surface area contributed by atoms with Crippen LogP contribution in [0.5, 0.6) is 0 Å². The minimum Gasteiger partial charge on any atom is -0.277 e. The second-order valence-corrected chi connectivity index (χ2v) is 16.2. The Morgan fingerprint density at radius 3 is 2.00 bits per heavy atom. The number of nitrogens with zero attached hydrogens (tertiary/aromatic N) is 3. The molecule has 0 amide bonds. The Balaban J connectivity index is 1.25. The molecule has 0 aliphatic heterocycles. The van der Waals surface area contributed by atoms with E-state index < -0.39 is 0 Å². The average molecular weight is 756 g/mol. The molecule has 0 N–H and O–H groups in total. The van der Waals surface area contributed by atoms with E-state index in [4.69, 9.17) is 9.97 Å². The van der Waals surface area contributed by atoms with Crippen molar-refractivity contribution in [3.05, 3.63) is 205 Å². The normalized spacial score (nSPS) is 13.7. The predicted octanol–water partition coefficient (Wildman–Crippen LogP) is 14.8. The molecule has 3 heteroatoms. The second kappa shape index (κ2) is 13.4. The monoisotopic (exact) mass is 755 g/mol. The lowest BCUT2D eigenvalue weighted by atomic mass is 9.80. The van der Waals surface area contributed by atoms with Crippen molar-refractivity contribution in [2.24, 2.45) is 0 Å². The molecule has 1 aliphatic carbocycles. The van der Waals surface area contributed by atoms with E-state index in [1.54, 1.807) is 0 Å². The maximum Gasteiger partial charge on any atom is 0.235 e. The summed E-state index contributed by atoms with van der Waals surface area (Å²) >= 11 is 0. The topological polar surface area (TPSA) is 30.7 Å². The maximum atomic E-state index is 5.60. The van der Waals surface area contributed by atoms with Gasteiger partial charge in [-0.1, -0.05) is 190 Å². The molecule has 0 fully saturated rings. The highest BCUT2D eigenvalue weighted by Gasteiger charge is 2.35. The minimum absolute atomic E-state index is 0.148. The van der Waals surface area contributed by atoms with Crippen molar-refractivity contribution in [1.29, 1.82) is 0 Å². The Bertz CT molecular complexity index is 3420. The van der Waals surface area contributed by atoms with Crippen LogP contribution in [0.4, 0.5) is 0 Å². The molecule has 0 saturated carbocycles. The largest absolute Gasteiger partial charge is 0.277 e. The zero-order valence-electron chi connectivity index (χ0n) is 33.4. The minimum atomic E-state index is -0.148. The van der Waals surface area contributed by atoms with Crippen molar-refractivity contribution in [2.45, 2.75) is 26.2 Å². The summed E-state index contributed by atoms with van der Waals surface area (Å²) in [5.41, 5.74) is 14.9. The molecular formula is C56H41N3. The van der Waals surface area contributed by atoms with Gasteiger partial charge in [0.25, 0.3) is 0 Å². The van der Waals surface area contributed by atoms with Crippen LogP contribution in [0.25, 0.3) is 99.3 Å². The van der Waals surface area contributed by atoms with E-state index in [2.05, 4.69) is 202 Å². The van der Waals surface area contributed by atoms with E-state index in [0.29, 0.717) is 5.95 Å². The van der Waals surface area contributed by atoms with Gasteiger partial charge in [0.1, 0.15) is 0 Å². The standard InChI is InChI=1S/C56H41N3/c1-5-6-20-42-35(2)56(3,4)49-34-41(30-31-45(42)49)51-43-21-12-11-19-40(43)33-48-46-32-29-38-18-10-13-22-44(38)53(46)59(54(48)51)55-57-50-24-15-14-23-47(50)52(58-55)39-27-25-37(26-28-39)36-16-8-7-9-17-36/h5-34H,1H2,2-4H3/b20-6-. The fourth-order valence-electron chi connectivity index (χ4n) is 9.50. The van der Waals surface area contributed by atoms with Crippen LogP contribution in [0.2, 0.25) is 0 Å². The molecule has 59 heavy (non-hydrogen) atoms. The van der Waals surface area contributed by atoms with Crippen molar-refractivity contribution in [3.8, 4) is 39.5 Å². The van der Waals surface area contributed by atoms with Crippen molar-refractivity contribution in [1.82, 2.24) is 14.5 Å². The van der Waals surface area contributed by atoms with E-state index in [0.717, 1.165) is 38.6 Å². The van der Waals surface area contributed by atoms with Crippen molar-refractivity contribution >= 4 is 59.8 Å². The third-order valence-corrected chi connectivity index (χ3v) is 12.7. The molecule has 0 bridgehead atoms. The van der Waals surface area contributed by atoms with Crippen LogP contribution in [-0.2, 0) is 5.41 Å². The maximum absolute atomic E-state index is 5.60. The molecule has 0 unspecified atom stereocenters. The Labute approximate surface area is 344 Å². The van der Waals surface area contributed by atoms with Gasteiger partial charge in [-0.05, 0) is 74.7 Å². The number of hydrogen-bond donors (Lipinski definition) is 0. The first-order valence-electron chi connectivity index (χ1n) is 20.4. The number of para-hydroxylation sites is 1. The number of fused-ring (bicyclic) bond motifs is 8. The highest BCUT2D eigenvalue weighted by molar-refractivity contribution is 6.25. The molecule has 8 aromatic carbocycles. The van der Waals surface area contributed by atoms with Gasteiger partial charge in [0.2, 0.25) is 5.95 Å². The number of rotatable bonds is 6. The SMILES string of the molecule is C=C/C=C\C1=C(C)C(C)(C)c2cc(-c3c4ccccc4cc4c5ccc6ccccc6c5n(-c5nc(-c6ccc(-c7ccccc7)cc6)c6ccccc6n5)c34)ccc21. The Kier molecular flexibility index (Phi) is 7.89. The Hall–Kier alpha value is -7.36. The molecule has 0 atom stereocenters. The Morgan fingerprint density at radius 1 is 0.542 bits per heavy atom. The molecular weight excluding hydrogens is 715 g/mol. The van der Waals surface area contributed by atoms with Crippen molar-refractivity contribution in [3.63, 3.8) is 0 Å². The van der Waals surface area contributed by atoms with Crippen LogP contribution in [0.15, 0.2) is 194 Å². The molecule has 1 aliphatic rings. The van der Waals surface area contributed by atoms with Gasteiger partial charge in [-0.2, -0.15) is 0 Å². The highest BCUT2D eigenvalue weighted by atomic mass is 15.2. The summed E-state index contributed by atoms with van der Waals surface area (Å²) in [6.07, 6.45) is 6.11. The summed E-state index contributed by atoms with van der Waals surface area (Å²) in [5, 5.41) is 8.09. The molecule has 11 rings (SSSR count). The number of benzene rings is 8. The molecule has 2 aromatic heterocycles.